The molecule has 1 nitrogen and oxygen atoms in total. The Morgan fingerprint density at radius 1 is 1.05 bits per heavy atom. The number of hydrogen-bond acceptors (Lipinski definition) is 2. The van der Waals surface area contributed by atoms with Crippen LogP contribution in [0.4, 0.5) is 5.69 Å². The van der Waals surface area contributed by atoms with Crippen molar-refractivity contribution in [1.29, 1.82) is 0 Å². The molecule has 0 radical (unpaired) electrons. The third-order valence-corrected chi connectivity index (χ3v) is 4.30. The van der Waals surface area contributed by atoms with Crippen molar-refractivity contribution < 1.29 is 0 Å². The first-order chi connectivity index (χ1) is 9.15. The number of rotatable bonds is 5. The molecule has 19 heavy (non-hydrogen) atoms. The van der Waals surface area contributed by atoms with Crippen LogP contribution in [0, 0.1) is 13.8 Å². The van der Waals surface area contributed by atoms with E-state index in [0.29, 0.717) is 5.25 Å². The van der Waals surface area contributed by atoms with Crippen LogP contribution in [0.5, 0.6) is 0 Å². The number of para-hydroxylation sites is 1. The minimum atomic E-state index is 0.542. The molecule has 0 spiro atoms. The number of nitrogens with one attached hydrogen (secondary N) is 1. The summed E-state index contributed by atoms with van der Waals surface area (Å²) in [5, 5.41) is 4.02. The van der Waals surface area contributed by atoms with Crippen LogP contribution in [0.1, 0.15) is 18.1 Å². The normalized spacial score (nSPS) is 12.2. The molecular weight excluding hydrogens is 250 g/mol. The highest BCUT2D eigenvalue weighted by Gasteiger charge is 2.07. The molecule has 2 heteroatoms. The lowest BCUT2D eigenvalue weighted by Crippen LogP contribution is -2.13. The van der Waals surface area contributed by atoms with Gasteiger partial charge in [0, 0.05) is 22.4 Å². The monoisotopic (exact) mass is 271 g/mol. The van der Waals surface area contributed by atoms with Crippen LogP contribution in [-0.4, -0.2) is 11.8 Å². The molecule has 1 unspecified atom stereocenters. The Hall–Kier alpha value is -1.41. The summed E-state index contributed by atoms with van der Waals surface area (Å²) < 4.78 is 0. The Bertz CT molecular complexity index is 522. The summed E-state index contributed by atoms with van der Waals surface area (Å²) in [5.74, 6) is 0. The maximum Gasteiger partial charge on any atom is 0.0340 e. The van der Waals surface area contributed by atoms with Crippen LogP contribution in [0.25, 0.3) is 0 Å². The standard InChI is InChI=1S/C17H21NS/c1-13-9-10-14(2)17(11-13)19-15(3)12-18-16-7-5-4-6-8-16/h4-11,15,18H,12H2,1-3H3. The van der Waals surface area contributed by atoms with Crippen LogP contribution in [0.15, 0.2) is 53.4 Å². The third kappa shape index (κ3) is 4.32. The Balaban J connectivity index is 1.90. The predicted octanol–water partition coefficient (Wildman–Crippen LogP) is 4.90. The molecule has 0 saturated carbocycles. The smallest absolute Gasteiger partial charge is 0.0340 e. The molecule has 0 heterocycles. The van der Waals surface area contributed by atoms with Gasteiger partial charge in [0.2, 0.25) is 0 Å². The molecule has 2 aromatic carbocycles. The zero-order valence-corrected chi connectivity index (χ0v) is 12.6. The molecule has 0 aromatic heterocycles. The molecule has 1 N–H and O–H groups in total. The molecule has 0 aliphatic heterocycles. The summed E-state index contributed by atoms with van der Waals surface area (Å²) in [7, 11) is 0. The molecule has 0 saturated heterocycles. The van der Waals surface area contributed by atoms with E-state index in [2.05, 4.69) is 68.6 Å². The van der Waals surface area contributed by atoms with Crippen molar-refractivity contribution in [2.24, 2.45) is 0 Å². The lowest BCUT2D eigenvalue weighted by molar-refractivity contribution is 0.997. The van der Waals surface area contributed by atoms with Gasteiger partial charge in [-0.15, -0.1) is 11.8 Å². The zero-order valence-electron chi connectivity index (χ0n) is 11.8. The molecule has 2 rings (SSSR count). The Morgan fingerprint density at radius 3 is 2.53 bits per heavy atom. The zero-order chi connectivity index (χ0) is 13.7. The van der Waals surface area contributed by atoms with Gasteiger partial charge in [0.1, 0.15) is 0 Å². The van der Waals surface area contributed by atoms with Gasteiger partial charge in [-0.2, -0.15) is 0 Å². The fourth-order valence-electron chi connectivity index (χ4n) is 1.91. The molecular formula is C17H21NS. The fraction of sp³-hybridized carbons (Fsp3) is 0.294. The molecule has 0 fully saturated rings. The maximum atomic E-state index is 3.48. The molecule has 100 valence electrons. The van der Waals surface area contributed by atoms with Gasteiger partial charge in [-0.05, 0) is 37.6 Å². The van der Waals surface area contributed by atoms with E-state index in [1.165, 1.54) is 21.7 Å². The van der Waals surface area contributed by atoms with E-state index >= 15 is 0 Å². The Kier molecular flexibility index (Phi) is 4.92. The molecule has 0 aliphatic rings. The highest BCUT2D eigenvalue weighted by molar-refractivity contribution is 8.00. The average molecular weight is 271 g/mol. The fourth-order valence-corrected chi connectivity index (χ4v) is 3.02. The van der Waals surface area contributed by atoms with Gasteiger partial charge in [-0.3, -0.25) is 0 Å². The summed E-state index contributed by atoms with van der Waals surface area (Å²) in [6.45, 7) is 7.57. The van der Waals surface area contributed by atoms with Crippen molar-refractivity contribution in [3.05, 3.63) is 59.7 Å². The van der Waals surface area contributed by atoms with E-state index < -0.39 is 0 Å². The molecule has 0 amide bonds. The molecule has 1 atom stereocenters. The summed E-state index contributed by atoms with van der Waals surface area (Å²) in [6, 6.07) is 17.0. The Labute approximate surface area is 120 Å². The second-order valence-electron chi connectivity index (χ2n) is 4.94. The van der Waals surface area contributed by atoms with E-state index in [1.807, 2.05) is 17.8 Å². The molecule has 0 aliphatic carbocycles. The number of aryl methyl sites for hydroxylation is 2. The third-order valence-electron chi connectivity index (χ3n) is 3.04. The number of anilines is 1. The maximum absolute atomic E-state index is 3.48. The van der Waals surface area contributed by atoms with Crippen LogP contribution < -0.4 is 5.32 Å². The van der Waals surface area contributed by atoms with Crippen molar-refractivity contribution in [3.8, 4) is 0 Å². The van der Waals surface area contributed by atoms with Crippen LogP contribution in [0.2, 0.25) is 0 Å². The van der Waals surface area contributed by atoms with E-state index in [9.17, 15) is 0 Å². The van der Waals surface area contributed by atoms with Gasteiger partial charge in [0.25, 0.3) is 0 Å². The quantitative estimate of drug-likeness (QED) is 0.777. The van der Waals surface area contributed by atoms with Gasteiger partial charge in [-0.25, -0.2) is 0 Å². The van der Waals surface area contributed by atoms with Gasteiger partial charge < -0.3 is 5.32 Å². The largest absolute Gasteiger partial charge is 0.384 e. The first-order valence-electron chi connectivity index (χ1n) is 6.68. The average Bonchev–Trinajstić information content (AvgIpc) is 2.42. The number of thioether (sulfide) groups is 1. The van der Waals surface area contributed by atoms with Crippen molar-refractivity contribution in [1.82, 2.24) is 0 Å². The lowest BCUT2D eigenvalue weighted by atomic mass is 10.2. The van der Waals surface area contributed by atoms with Crippen molar-refractivity contribution in [2.75, 3.05) is 11.9 Å². The second kappa shape index (κ2) is 6.67. The molecule has 0 bridgehead atoms. The highest BCUT2D eigenvalue weighted by atomic mass is 32.2. The minimum absolute atomic E-state index is 0.542. The second-order valence-corrected chi connectivity index (χ2v) is 6.42. The van der Waals surface area contributed by atoms with Gasteiger partial charge in [0.15, 0.2) is 0 Å². The van der Waals surface area contributed by atoms with Crippen molar-refractivity contribution in [2.45, 2.75) is 30.9 Å². The van der Waals surface area contributed by atoms with Gasteiger partial charge >= 0.3 is 0 Å². The number of hydrogen-bond donors (Lipinski definition) is 1. The Morgan fingerprint density at radius 2 is 1.79 bits per heavy atom. The van der Waals surface area contributed by atoms with Gasteiger partial charge in [-0.1, -0.05) is 42.8 Å². The minimum Gasteiger partial charge on any atom is -0.384 e. The van der Waals surface area contributed by atoms with E-state index in [-0.39, 0.29) is 0 Å². The highest BCUT2D eigenvalue weighted by Crippen LogP contribution is 2.27. The van der Waals surface area contributed by atoms with Crippen molar-refractivity contribution >= 4 is 17.4 Å². The van der Waals surface area contributed by atoms with E-state index in [4.69, 9.17) is 0 Å². The van der Waals surface area contributed by atoms with Crippen LogP contribution in [-0.2, 0) is 0 Å². The summed E-state index contributed by atoms with van der Waals surface area (Å²) in [6.07, 6.45) is 0. The topological polar surface area (TPSA) is 12.0 Å². The summed E-state index contributed by atoms with van der Waals surface area (Å²) >= 11 is 1.94. The summed E-state index contributed by atoms with van der Waals surface area (Å²) in [5.41, 5.74) is 3.88. The SMILES string of the molecule is Cc1ccc(C)c(SC(C)CNc2ccccc2)c1. The lowest BCUT2D eigenvalue weighted by Gasteiger charge is -2.15. The van der Waals surface area contributed by atoms with Crippen molar-refractivity contribution in [3.63, 3.8) is 0 Å². The van der Waals surface area contributed by atoms with E-state index in [0.717, 1.165) is 6.54 Å². The predicted molar refractivity (Wildman–Crippen MR) is 86.2 cm³/mol. The first kappa shape index (κ1) is 14.0. The first-order valence-corrected chi connectivity index (χ1v) is 7.56. The van der Waals surface area contributed by atoms with Crippen LogP contribution >= 0.6 is 11.8 Å². The van der Waals surface area contributed by atoms with E-state index in [1.54, 1.807) is 0 Å². The van der Waals surface area contributed by atoms with Gasteiger partial charge in [0.05, 0.1) is 0 Å². The van der Waals surface area contributed by atoms with Crippen LogP contribution in [0.3, 0.4) is 0 Å². The number of benzene rings is 2. The summed E-state index contributed by atoms with van der Waals surface area (Å²) in [4.78, 5) is 1.39. The molecule has 2 aromatic rings.